The van der Waals surface area contributed by atoms with Crippen molar-refractivity contribution in [2.75, 3.05) is 11.8 Å². The predicted octanol–water partition coefficient (Wildman–Crippen LogP) is 4.10. The second-order valence-corrected chi connectivity index (χ2v) is 8.25. The average Bonchev–Trinajstić information content (AvgIpc) is 2.48. The maximum absolute atomic E-state index is 12.5. The summed E-state index contributed by atoms with van der Waals surface area (Å²) in [6.07, 6.45) is 0. The van der Waals surface area contributed by atoms with Gasteiger partial charge in [-0.2, -0.15) is 0 Å². The fourth-order valence-corrected chi connectivity index (χ4v) is 3.38. The molecular formula is C18H23NO3S. The number of methoxy groups -OCH3 is 1. The Morgan fingerprint density at radius 3 is 2.30 bits per heavy atom. The highest BCUT2D eigenvalue weighted by Gasteiger charge is 2.18. The molecule has 0 amide bonds. The van der Waals surface area contributed by atoms with E-state index in [1.54, 1.807) is 18.2 Å². The zero-order valence-corrected chi connectivity index (χ0v) is 15.0. The molecule has 0 spiro atoms. The van der Waals surface area contributed by atoms with Crippen LogP contribution < -0.4 is 9.46 Å². The number of anilines is 1. The number of aryl methyl sites for hydroxylation is 1. The first-order chi connectivity index (χ1) is 10.6. The van der Waals surface area contributed by atoms with Crippen LogP contribution in [0.1, 0.15) is 31.9 Å². The summed E-state index contributed by atoms with van der Waals surface area (Å²) in [5, 5.41) is 0. The molecule has 2 aromatic rings. The van der Waals surface area contributed by atoms with Crippen molar-refractivity contribution in [3.05, 3.63) is 53.6 Å². The van der Waals surface area contributed by atoms with E-state index in [1.165, 1.54) is 18.7 Å². The Balaban J connectivity index is 2.34. The molecule has 5 heteroatoms. The van der Waals surface area contributed by atoms with Gasteiger partial charge in [0.1, 0.15) is 5.75 Å². The molecule has 1 N–H and O–H groups in total. The van der Waals surface area contributed by atoms with Crippen LogP contribution in [0, 0.1) is 6.92 Å². The Bertz CT molecular complexity index is 805. The lowest BCUT2D eigenvalue weighted by Gasteiger charge is -2.21. The highest BCUT2D eigenvalue weighted by Crippen LogP contribution is 2.28. The van der Waals surface area contributed by atoms with E-state index in [0.29, 0.717) is 11.4 Å². The number of sulfonamides is 1. The van der Waals surface area contributed by atoms with Crippen molar-refractivity contribution in [1.29, 1.82) is 0 Å². The van der Waals surface area contributed by atoms with E-state index in [-0.39, 0.29) is 10.3 Å². The van der Waals surface area contributed by atoms with E-state index in [0.717, 1.165) is 5.56 Å². The van der Waals surface area contributed by atoms with E-state index < -0.39 is 10.0 Å². The van der Waals surface area contributed by atoms with Gasteiger partial charge in [0.15, 0.2) is 0 Å². The molecular weight excluding hydrogens is 310 g/mol. The maximum atomic E-state index is 12.5. The van der Waals surface area contributed by atoms with E-state index >= 15 is 0 Å². The van der Waals surface area contributed by atoms with Crippen LogP contribution in [0.2, 0.25) is 0 Å². The first-order valence-corrected chi connectivity index (χ1v) is 8.90. The minimum Gasteiger partial charge on any atom is -0.497 e. The van der Waals surface area contributed by atoms with Crippen LogP contribution in [0.5, 0.6) is 5.75 Å². The van der Waals surface area contributed by atoms with Crippen molar-refractivity contribution in [2.24, 2.45) is 0 Å². The van der Waals surface area contributed by atoms with Crippen molar-refractivity contribution in [3.63, 3.8) is 0 Å². The van der Waals surface area contributed by atoms with Crippen molar-refractivity contribution >= 4 is 15.7 Å². The number of nitrogens with one attached hydrogen (secondary N) is 1. The molecule has 0 aliphatic rings. The summed E-state index contributed by atoms with van der Waals surface area (Å²) < 4.78 is 32.8. The van der Waals surface area contributed by atoms with Crippen LogP contribution in [-0.2, 0) is 15.4 Å². The molecule has 0 bridgehead atoms. The second-order valence-electron chi connectivity index (χ2n) is 6.56. The summed E-state index contributed by atoms with van der Waals surface area (Å²) >= 11 is 0. The summed E-state index contributed by atoms with van der Waals surface area (Å²) in [6, 6.07) is 12.2. The monoisotopic (exact) mass is 333 g/mol. The summed E-state index contributed by atoms with van der Waals surface area (Å²) in [5.74, 6) is 0.507. The quantitative estimate of drug-likeness (QED) is 0.916. The predicted molar refractivity (Wildman–Crippen MR) is 93.7 cm³/mol. The van der Waals surface area contributed by atoms with Gasteiger partial charge < -0.3 is 4.74 Å². The molecule has 0 heterocycles. The molecule has 2 aromatic carbocycles. The Morgan fingerprint density at radius 2 is 1.74 bits per heavy atom. The Morgan fingerprint density at radius 1 is 1.04 bits per heavy atom. The lowest BCUT2D eigenvalue weighted by molar-refractivity contribution is 0.413. The Labute approximate surface area is 138 Å². The van der Waals surface area contributed by atoms with Crippen molar-refractivity contribution in [3.8, 4) is 5.75 Å². The highest BCUT2D eigenvalue weighted by molar-refractivity contribution is 7.92. The van der Waals surface area contributed by atoms with Gasteiger partial charge in [0.25, 0.3) is 10.0 Å². The van der Waals surface area contributed by atoms with Gasteiger partial charge in [0.2, 0.25) is 0 Å². The fraction of sp³-hybridized carbons (Fsp3) is 0.333. The first kappa shape index (κ1) is 17.3. The van der Waals surface area contributed by atoms with Gasteiger partial charge in [-0.15, -0.1) is 0 Å². The first-order valence-electron chi connectivity index (χ1n) is 7.41. The van der Waals surface area contributed by atoms with Crippen molar-refractivity contribution in [2.45, 2.75) is 38.0 Å². The van der Waals surface area contributed by atoms with E-state index in [9.17, 15) is 8.42 Å². The standard InChI is InChI=1S/C18H23NO3S/c1-13-11-14(18(2,3)4)9-10-17(13)19-23(20,21)16-8-6-7-15(12-16)22-5/h6-12,19H,1-5H3. The molecule has 0 saturated heterocycles. The van der Waals surface area contributed by atoms with Crippen molar-refractivity contribution in [1.82, 2.24) is 0 Å². The molecule has 0 fully saturated rings. The number of hydrogen-bond acceptors (Lipinski definition) is 3. The average molecular weight is 333 g/mol. The second kappa shape index (κ2) is 6.24. The van der Waals surface area contributed by atoms with Gasteiger partial charge in [-0.3, -0.25) is 4.72 Å². The lowest BCUT2D eigenvalue weighted by atomic mass is 9.86. The Kier molecular flexibility index (Phi) is 4.71. The van der Waals surface area contributed by atoms with Crippen LogP contribution in [0.3, 0.4) is 0 Å². The molecule has 2 rings (SSSR count). The molecule has 0 aromatic heterocycles. The summed E-state index contributed by atoms with van der Waals surface area (Å²) in [7, 11) is -2.14. The number of hydrogen-bond donors (Lipinski definition) is 1. The lowest BCUT2D eigenvalue weighted by Crippen LogP contribution is -2.15. The largest absolute Gasteiger partial charge is 0.497 e. The van der Waals surface area contributed by atoms with Crippen LogP contribution in [-0.4, -0.2) is 15.5 Å². The van der Waals surface area contributed by atoms with Crippen LogP contribution in [0.15, 0.2) is 47.4 Å². The minimum absolute atomic E-state index is 0.0228. The smallest absolute Gasteiger partial charge is 0.262 e. The molecule has 0 atom stereocenters. The van der Waals surface area contributed by atoms with Gasteiger partial charge >= 0.3 is 0 Å². The third kappa shape index (κ3) is 4.05. The molecule has 0 saturated carbocycles. The summed E-state index contributed by atoms with van der Waals surface area (Å²) in [4.78, 5) is 0.177. The number of rotatable bonds is 4. The minimum atomic E-state index is -3.65. The zero-order valence-electron chi connectivity index (χ0n) is 14.2. The number of ether oxygens (including phenoxy) is 1. The SMILES string of the molecule is COc1cccc(S(=O)(=O)Nc2ccc(C(C)(C)C)cc2C)c1. The fourth-order valence-electron chi connectivity index (χ4n) is 2.22. The molecule has 0 aliphatic heterocycles. The molecule has 0 aliphatic carbocycles. The van der Waals surface area contributed by atoms with E-state index in [1.807, 2.05) is 25.1 Å². The molecule has 124 valence electrons. The summed E-state index contributed by atoms with van der Waals surface area (Å²) in [5.41, 5.74) is 2.67. The summed E-state index contributed by atoms with van der Waals surface area (Å²) in [6.45, 7) is 8.28. The molecule has 0 unspecified atom stereocenters. The van der Waals surface area contributed by atoms with Gasteiger partial charge in [0, 0.05) is 6.07 Å². The highest BCUT2D eigenvalue weighted by atomic mass is 32.2. The molecule has 23 heavy (non-hydrogen) atoms. The third-order valence-corrected chi connectivity index (χ3v) is 5.05. The van der Waals surface area contributed by atoms with Crippen LogP contribution >= 0.6 is 0 Å². The zero-order chi connectivity index (χ0) is 17.3. The van der Waals surface area contributed by atoms with E-state index in [2.05, 4.69) is 25.5 Å². The van der Waals surface area contributed by atoms with Crippen molar-refractivity contribution < 1.29 is 13.2 Å². The van der Waals surface area contributed by atoms with Gasteiger partial charge in [-0.1, -0.05) is 39.0 Å². The third-order valence-electron chi connectivity index (χ3n) is 3.69. The van der Waals surface area contributed by atoms with Gasteiger partial charge in [-0.25, -0.2) is 8.42 Å². The number of benzene rings is 2. The normalized spacial score (nSPS) is 12.0. The van der Waals surface area contributed by atoms with Gasteiger partial charge in [0.05, 0.1) is 17.7 Å². The molecule has 0 radical (unpaired) electrons. The van der Waals surface area contributed by atoms with Crippen LogP contribution in [0.25, 0.3) is 0 Å². The van der Waals surface area contributed by atoms with E-state index in [4.69, 9.17) is 4.74 Å². The maximum Gasteiger partial charge on any atom is 0.262 e. The molecule has 4 nitrogen and oxygen atoms in total. The van der Waals surface area contributed by atoms with Crippen LogP contribution in [0.4, 0.5) is 5.69 Å². The topological polar surface area (TPSA) is 55.4 Å². The Hall–Kier alpha value is -2.01. The van der Waals surface area contributed by atoms with Gasteiger partial charge in [-0.05, 0) is 41.7 Å².